The van der Waals surface area contributed by atoms with Crippen LogP contribution in [0.15, 0.2) is 188 Å². The van der Waals surface area contributed by atoms with E-state index in [0.717, 1.165) is 122 Å². The van der Waals surface area contributed by atoms with Crippen LogP contribution in [-0.2, 0) is 27.1 Å². The van der Waals surface area contributed by atoms with E-state index in [4.69, 9.17) is 0 Å². The van der Waals surface area contributed by atoms with E-state index in [-0.39, 0.29) is 51.2 Å². The summed E-state index contributed by atoms with van der Waals surface area (Å²) in [7, 11) is 0. The molecule has 4 heteroatoms. The Bertz CT molecular complexity index is 5100. The zero-order chi connectivity index (χ0) is 70.4. The van der Waals surface area contributed by atoms with Crippen molar-refractivity contribution in [1.82, 2.24) is 4.57 Å². The van der Waals surface area contributed by atoms with Crippen molar-refractivity contribution in [3.63, 3.8) is 0 Å². The number of para-hydroxylation sites is 1. The van der Waals surface area contributed by atoms with Crippen LogP contribution in [0.1, 0.15) is 208 Å². The molecule has 2 aliphatic heterocycles. The van der Waals surface area contributed by atoms with Crippen LogP contribution in [-0.4, -0.2) is 11.3 Å². The molecule has 16 bridgehead atoms. The average Bonchev–Trinajstić information content (AvgIpc) is 1.54. The third-order valence-electron chi connectivity index (χ3n) is 31.7. The van der Waals surface area contributed by atoms with Gasteiger partial charge in [-0.1, -0.05) is 142 Å². The van der Waals surface area contributed by atoms with Gasteiger partial charge in [0, 0.05) is 50.6 Å². The molecule has 0 radical (unpaired) electrons. The minimum absolute atomic E-state index is 0.00545. The Balaban J connectivity index is 0.817. The van der Waals surface area contributed by atoms with Gasteiger partial charge in [0.15, 0.2) is 0 Å². The first-order chi connectivity index (χ1) is 51.5. The van der Waals surface area contributed by atoms with Crippen molar-refractivity contribution in [2.24, 2.45) is 71.0 Å². The molecular weight excluding hydrogens is 1230 g/mol. The van der Waals surface area contributed by atoms with Crippen molar-refractivity contribution in [1.29, 1.82) is 0 Å². The summed E-state index contributed by atoms with van der Waals surface area (Å²) < 4.78 is 43.2. The highest BCUT2D eigenvalue weighted by Crippen LogP contribution is 2.69. The Morgan fingerprint density at radius 2 is 0.696 bits per heavy atom. The second-order valence-electron chi connectivity index (χ2n) is 39.1. The van der Waals surface area contributed by atoms with Crippen molar-refractivity contribution in [2.45, 2.75) is 202 Å². The van der Waals surface area contributed by atoms with Crippen LogP contribution in [0.3, 0.4) is 0 Å². The quantitative estimate of drug-likeness (QED) is 0.133. The van der Waals surface area contributed by atoms with Gasteiger partial charge in [-0.05, 0) is 385 Å². The minimum atomic E-state index is -0.520. The zero-order valence-electron chi connectivity index (χ0n) is 64.4. The molecule has 102 heavy (non-hydrogen) atoms. The molecule has 0 atom stereocenters. The maximum atomic E-state index is 10.5. The zero-order valence-corrected chi connectivity index (χ0v) is 60.4. The molecule has 0 unspecified atom stereocenters. The second kappa shape index (κ2) is 21.1. The Morgan fingerprint density at radius 1 is 0.343 bits per heavy atom. The van der Waals surface area contributed by atoms with Gasteiger partial charge in [0.05, 0.1) is 16.5 Å². The highest BCUT2D eigenvalue weighted by Gasteiger charge is 2.59. The van der Waals surface area contributed by atoms with Gasteiger partial charge in [-0.25, -0.2) is 0 Å². The lowest BCUT2D eigenvalue weighted by Gasteiger charge is -2.58. The lowest BCUT2D eigenvalue weighted by atomic mass is 9.33. The maximum absolute atomic E-state index is 10.5. The van der Waals surface area contributed by atoms with Crippen molar-refractivity contribution >= 4 is 79.0 Å². The van der Waals surface area contributed by atoms with Gasteiger partial charge in [-0.2, -0.15) is 0 Å². The molecule has 0 spiro atoms. The van der Waals surface area contributed by atoms with Crippen LogP contribution >= 0.6 is 0 Å². The topological polar surface area (TPSA) is 11.4 Å². The summed E-state index contributed by atoms with van der Waals surface area (Å²) in [5.41, 5.74) is 25.8. The molecule has 16 aliphatic carbocycles. The van der Waals surface area contributed by atoms with Gasteiger partial charge >= 0.3 is 0 Å². The van der Waals surface area contributed by atoms with Crippen LogP contribution in [0.4, 0.5) is 34.1 Å². The van der Waals surface area contributed by atoms with Crippen LogP contribution in [0, 0.1) is 71.0 Å². The van der Waals surface area contributed by atoms with E-state index in [0.29, 0.717) is 11.2 Å². The Hall–Kier alpha value is -7.56. The maximum Gasteiger partial charge on any atom is 0.252 e. The summed E-state index contributed by atoms with van der Waals surface area (Å²) in [5.74, 6) is 9.93. The van der Waals surface area contributed by atoms with E-state index in [2.05, 4.69) is 199 Å². The first-order valence-electron chi connectivity index (χ1n) is 43.0. The number of fused-ring (bicyclic) bond motifs is 7. The molecular formula is C98H100BN3. The Morgan fingerprint density at radius 3 is 1.09 bits per heavy atom. The molecule has 18 aliphatic rings. The monoisotopic (exact) mass is 1330 g/mol. The summed E-state index contributed by atoms with van der Waals surface area (Å²) in [4.78, 5) is 4.84. The second-order valence-corrected chi connectivity index (χ2v) is 39.1. The Kier molecular flexibility index (Phi) is 11.6. The summed E-state index contributed by atoms with van der Waals surface area (Å²) in [6.45, 7) is 6.49. The van der Waals surface area contributed by atoms with Crippen LogP contribution in [0.25, 0.3) is 49.7 Å². The van der Waals surface area contributed by atoms with Crippen LogP contribution < -0.4 is 26.2 Å². The highest BCUT2D eigenvalue weighted by molar-refractivity contribution is 7.00. The van der Waals surface area contributed by atoms with E-state index in [1.807, 2.05) is 0 Å². The van der Waals surface area contributed by atoms with Crippen LogP contribution in [0.5, 0.6) is 0 Å². The van der Waals surface area contributed by atoms with Crippen LogP contribution in [0.2, 0.25) is 0 Å². The molecule has 10 aromatic rings. The molecule has 3 heterocycles. The van der Waals surface area contributed by atoms with Gasteiger partial charge in [0.2, 0.25) is 0 Å². The van der Waals surface area contributed by atoms with Crippen molar-refractivity contribution in [3.8, 4) is 27.9 Å². The predicted octanol–water partition coefficient (Wildman–Crippen LogP) is 23.4. The van der Waals surface area contributed by atoms with Gasteiger partial charge in [0.1, 0.15) is 0 Å². The summed E-state index contributed by atoms with van der Waals surface area (Å²) in [6.07, 6.45) is 33.5. The largest absolute Gasteiger partial charge is 0.311 e. The highest BCUT2D eigenvalue weighted by atomic mass is 15.2. The molecule has 9 aromatic carbocycles. The number of hydrogen-bond donors (Lipinski definition) is 0. The van der Waals surface area contributed by atoms with Crippen molar-refractivity contribution in [3.05, 3.63) is 216 Å². The number of anilines is 6. The SMILES string of the molecule is [2H]c1c([2H])c([2H])c2c(c1[2H])B1c3ccc(-n4c5c(C67CC8CC(CC(C8)C6)C7)cc(C67CC8CC(CC(C8)C6)C7)cc5c5cc(C67CC8CC(CC(C8)C6)C7)cc(C67CC8CC(CC(C8)C6)C7)c54)cc3N(c3ccc(-c4ccccc4)cc3)c3cc(C(C)(C)C)cc(c31)N2c1ccc(-c2ccccc2)cc1. The molecule has 510 valence electrons. The fourth-order valence-electron chi connectivity index (χ4n) is 29.4. The molecule has 3 nitrogen and oxygen atoms in total. The molecule has 16 fully saturated rings. The lowest BCUT2D eigenvalue weighted by Crippen LogP contribution is -2.61. The van der Waals surface area contributed by atoms with E-state index in [9.17, 15) is 5.48 Å². The first-order valence-corrected chi connectivity index (χ1v) is 41.0. The van der Waals surface area contributed by atoms with Gasteiger partial charge in [-0.3, -0.25) is 0 Å². The third-order valence-corrected chi connectivity index (χ3v) is 31.7. The molecule has 0 N–H and O–H groups in total. The molecule has 0 saturated heterocycles. The summed E-state index contributed by atoms with van der Waals surface area (Å²) >= 11 is 0. The van der Waals surface area contributed by atoms with Gasteiger partial charge in [-0.15, -0.1) is 0 Å². The third kappa shape index (κ3) is 8.68. The van der Waals surface area contributed by atoms with Gasteiger partial charge < -0.3 is 14.4 Å². The fourth-order valence-corrected chi connectivity index (χ4v) is 29.4. The van der Waals surface area contributed by atoms with E-state index in [1.165, 1.54) is 188 Å². The molecule has 0 amide bonds. The average molecular weight is 1330 g/mol. The lowest BCUT2D eigenvalue weighted by molar-refractivity contribution is -0.00809. The fraction of sp³-hybridized carbons (Fsp3) is 0.449. The number of benzene rings is 9. The first kappa shape index (κ1) is 55.9. The van der Waals surface area contributed by atoms with E-state index < -0.39 is 6.71 Å². The smallest absolute Gasteiger partial charge is 0.252 e. The van der Waals surface area contributed by atoms with E-state index >= 15 is 0 Å². The number of nitrogens with zero attached hydrogens (tertiary/aromatic N) is 3. The molecule has 28 rings (SSSR count). The van der Waals surface area contributed by atoms with Crippen molar-refractivity contribution < 1.29 is 5.48 Å². The summed E-state index contributed by atoms with van der Waals surface area (Å²) in [6, 6.07) is 63.7. The normalized spacial score (nSPS) is 34.7. The van der Waals surface area contributed by atoms with Crippen molar-refractivity contribution in [2.75, 3.05) is 9.80 Å². The molecule has 16 saturated carbocycles. The Labute approximate surface area is 612 Å². The predicted molar refractivity (Wildman–Crippen MR) is 424 cm³/mol. The number of rotatable bonds is 9. The number of aromatic nitrogens is 1. The van der Waals surface area contributed by atoms with Gasteiger partial charge in [0.25, 0.3) is 6.71 Å². The standard InChI is InChI=1S/C98H100BN3/c1-94(2,3)75-44-89-91-90(45-75)101(79-24-20-74(21-25-79)72-14-8-5-9-15-72)88-46-80(26-27-86(88)99(91)85-16-10-11-17-87(85)100(89)78-22-18-73(19-23-78)71-12-6-4-7-13-71)102-92-81(40-76(95-47-59-28-60(48-95)30-61(29-59)49-95)42-83(92)97-53-65-34-66(54-97)36-67(35-65)55-97)82-41-77(96-50-62-31-63(51-96)33-64(32-62)52-96)43-84(93(82)102)98-56-68-37-69(57-98)39-70(38-68)58-98/h4-27,40-46,59-70H,28-39,47-58H2,1-3H3/i10D,11D,16D,17D. The number of hydrogen-bond acceptors (Lipinski definition) is 2. The van der Waals surface area contributed by atoms with E-state index in [1.54, 1.807) is 33.0 Å². The summed E-state index contributed by atoms with van der Waals surface area (Å²) in [5, 5.41) is 3.16. The minimum Gasteiger partial charge on any atom is -0.311 e. The molecule has 1 aromatic heterocycles.